The summed E-state index contributed by atoms with van der Waals surface area (Å²) in [6.45, 7) is 6.51. The molecular weight excluding hydrogens is 265 g/mol. The summed E-state index contributed by atoms with van der Waals surface area (Å²) in [7, 11) is 0. The van der Waals surface area contributed by atoms with Gasteiger partial charge in [-0.05, 0) is 44.0 Å². The molecule has 1 aromatic rings. The Labute approximate surface area is 126 Å². The molecule has 112 valence electrons. The van der Waals surface area contributed by atoms with Crippen molar-refractivity contribution in [1.29, 1.82) is 5.26 Å². The number of piperazine rings is 1. The van der Waals surface area contributed by atoms with Crippen molar-refractivity contribution < 1.29 is 4.39 Å². The van der Waals surface area contributed by atoms with E-state index < -0.39 is 5.82 Å². The van der Waals surface area contributed by atoms with Gasteiger partial charge in [-0.3, -0.25) is 9.80 Å². The molecule has 0 amide bonds. The van der Waals surface area contributed by atoms with Crippen LogP contribution >= 0.6 is 0 Å². The number of hydrogen-bond donors (Lipinski definition) is 0. The lowest BCUT2D eigenvalue weighted by molar-refractivity contribution is 0.0111. The van der Waals surface area contributed by atoms with Gasteiger partial charge in [0.1, 0.15) is 11.9 Å². The number of nitriles is 1. The lowest BCUT2D eigenvalue weighted by Crippen LogP contribution is -2.58. The van der Waals surface area contributed by atoms with Crippen molar-refractivity contribution in [2.45, 2.75) is 44.8 Å². The van der Waals surface area contributed by atoms with Crippen molar-refractivity contribution in [3.8, 4) is 6.07 Å². The highest BCUT2D eigenvalue weighted by Crippen LogP contribution is 2.25. The monoisotopic (exact) mass is 287 g/mol. The standard InChI is InChI=1S/C17H22FN3/c1-13-10-20-7-3-2-4-16(20)12-21(13)11-14-5-6-17(18)15(8-14)9-19/h5-6,8,13,16H,2-4,7,10-12H2,1H3. The lowest BCUT2D eigenvalue weighted by atomic mass is 9.96. The third-order valence-corrected chi connectivity index (χ3v) is 4.85. The summed E-state index contributed by atoms with van der Waals surface area (Å²) in [5, 5.41) is 8.94. The maximum Gasteiger partial charge on any atom is 0.140 e. The molecule has 2 aliphatic heterocycles. The zero-order valence-corrected chi connectivity index (χ0v) is 12.6. The predicted molar refractivity (Wildman–Crippen MR) is 80.2 cm³/mol. The smallest absolute Gasteiger partial charge is 0.140 e. The molecule has 2 heterocycles. The van der Waals surface area contributed by atoms with Crippen LogP contribution in [0.25, 0.3) is 0 Å². The van der Waals surface area contributed by atoms with Gasteiger partial charge in [-0.25, -0.2) is 4.39 Å². The molecule has 2 fully saturated rings. The molecule has 2 unspecified atom stereocenters. The third kappa shape index (κ3) is 3.09. The number of benzene rings is 1. The molecule has 21 heavy (non-hydrogen) atoms. The number of piperidine rings is 1. The van der Waals surface area contributed by atoms with Gasteiger partial charge in [-0.15, -0.1) is 0 Å². The Kier molecular flexibility index (Phi) is 4.23. The van der Waals surface area contributed by atoms with Crippen molar-refractivity contribution in [2.24, 2.45) is 0 Å². The predicted octanol–water partition coefficient (Wildman–Crippen LogP) is 2.76. The molecule has 2 atom stereocenters. The van der Waals surface area contributed by atoms with Crippen LogP contribution in [0, 0.1) is 17.1 Å². The molecule has 3 rings (SSSR count). The van der Waals surface area contributed by atoms with Crippen LogP contribution in [-0.2, 0) is 6.54 Å². The molecule has 2 aliphatic rings. The average molecular weight is 287 g/mol. The van der Waals surface area contributed by atoms with Gasteiger partial charge < -0.3 is 0 Å². The van der Waals surface area contributed by atoms with Crippen molar-refractivity contribution in [3.05, 3.63) is 35.1 Å². The number of fused-ring (bicyclic) bond motifs is 1. The first kappa shape index (κ1) is 14.5. The molecular formula is C17H22FN3. The summed E-state index contributed by atoms with van der Waals surface area (Å²) < 4.78 is 13.4. The fourth-order valence-electron chi connectivity index (χ4n) is 3.62. The Bertz CT molecular complexity index is 551. The summed E-state index contributed by atoms with van der Waals surface area (Å²) in [5.74, 6) is -0.425. The van der Waals surface area contributed by atoms with Crippen LogP contribution in [0.15, 0.2) is 18.2 Å². The van der Waals surface area contributed by atoms with E-state index in [1.807, 2.05) is 6.07 Å². The van der Waals surface area contributed by atoms with Gasteiger partial charge in [0.25, 0.3) is 0 Å². The molecule has 0 spiro atoms. The highest BCUT2D eigenvalue weighted by molar-refractivity contribution is 5.34. The molecule has 0 aliphatic carbocycles. The minimum Gasteiger partial charge on any atom is -0.298 e. The summed E-state index contributed by atoms with van der Waals surface area (Å²) in [6.07, 6.45) is 3.95. The maximum atomic E-state index is 13.4. The molecule has 2 saturated heterocycles. The fraction of sp³-hybridized carbons (Fsp3) is 0.588. The fourth-order valence-corrected chi connectivity index (χ4v) is 3.62. The second kappa shape index (κ2) is 6.13. The van der Waals surface area contributed by atoms with Crippen LogP contribution in [-0.4, -0.2) is 41.5 Å². The second-order valence-electron chi connectivity index (χ2n) is 6.35. The minimum absolute atomic E-state index is 0.149. The number of hydrogen-bond acceptors (Lipinski definition) is 3. The summed E-state index contributed by atoms with van der Waals surface area (Å²) in [4.78, 5) is 5.09. The third-order valence-electron chi connectivity index (χ3n) is 4.85. The van der Waals surface area contributed by atoms with E-state index in [2.05, 4.69) is 16.7 Å². The number of rotatable bonds is 2. The maximum absolute atomic E-state index is 13.4. The summed E-state index contributed by atoms with van der Waals surface area (Å²) in [6, 6.07) is 8.01. The lowest BCUT2D eigenvalue weighted by Gasteiger charge is -2.47. The highest BCUT2D eigenvalue weighted by Gasteiger charge is 2.32. The van der Waals surface area contributed by atoms with E-state index in [1.165, 1.54) is 31.9 Å². The Morgan fingerprint density at radius 3 is 3.00 bits per heavy atom. The Balaban J connectivity index is 1.71. The van der Waals surface area contributed by atoms with E-state index in [0.29, 0.717) is 12.1 Å². The van der Waals surface area contributed by atoms with Crippen molar-refractivity contribution in [2.75, 3.05) is 19.6 Å². The molecule has 0 N–H and O–H groups in total. The second-order valence-corrected chi connectivity index (χ2v) is 6.35. The van der Waals surface area contributed by atoms with Crippen LogP contribution in [0.4, 0.5) is 4.39 Å². The van der Waals surface area contributed by atoms with E-state index in [-0.39, 0.29) is 5.56 Å². The van der Waals surface area contributed by atoms with Gasteiger partial charge in [0, 0.05) is 31.7 Å². The molecule has 0 saturated carbocycles. The van der Waals surface area contributed by atoms with Gasteiger partial charge in [0.2, 0.25) is 0 Å². The van der Waals surface area contributed by atoms with E-state index in [1.54, 1.807) is 12.1 Å². The van der Waals surface area contributed by atoms with E-state index >= 15 is 0 Å². The summed E-state index contributed by atoms with van der Waals surface area (Å²) in [5.41, 5.74) is 1.18. The molecule has 3 nitrogen and oxygen atoms in total. The molecule has 0 radical (unpaired) electrons. The van der Waals surface area contributed by atoms with E-state index in [4.69, 9.17) is 5.26 Å². The van der Waals surface area contributed by atoms with Gasteiger partial charge in [0.15, 0.2) is 0 Å². The van der Waals surface area contributed by atoms with Crippen LogP contribution in [0.5, 0.6) is 0 Å². The SMILES string of the molecule is CC1CN2CCCCC2CN1Cc1ccc(F)c(C#N)c1. The van der Waals surface area contributed by atoms with Crippen LogP contribution < -0.4 is 0 Å². The van der Waals surface area contributed by atoms with Crippen LogP contribution in [0.2, 0.25) is 0 Å². The first-order valence-electron chi connectivity index (χ1n) is 7.84. The number of nitrogens with zero attached hydrogens (tertiary/aromatic N) is 3. The van der Waals surface area contributed by atoms with Gasteiger partial charge in [-0.1, -0.05) is 12.5 Å². The zero-order chi connectivity index (χ0) is 14.8. The van der Waals surface area contributed by atoms with Gasteiger partial charge in [-0.2, -0.15) is 5.26 Å². The van der Waals surface area contributed by atoms with Crippen LogP contribution in [0.1, 0.15) is 37.3 Å². The van der Waals surface area contributed by atoms with Gasteiger partial charge >= 0.3 is 0 Å². The Morgan fingerprint density at radius 2 is 2.19 bits per heavy atom. The van der Waals surface area contributed by atoms with E-state index in [0.717, 1.165) is 25.2 Å². The van der Waals surface area contributed by atoms with Gasteiger partial charge in [0.05, 0.1) is 5.56 Å². The van der Waals surface area contributed by atoms with Crippen LogP contribution in [0.3, 0.4) is 0 Å². The quantitative estimate of drug-likeness (QED) is 0.838. The largest absolute Gasteiger partial charge is 0.298 e. The molecule has 4 heteroatoms. The van der Waals surface area contributed by atoms with Crippen molar-refractivity contribution in [3.63, 3.8) is 0 Å². The molecule has 1 aromatic carbocycles. The number of halogens is 1. The minimum atomic E-state index is -0.425. The molecule has 0 aromatic heterocycles. The molecule has 0 bridgehead atoms. The Hall–Kier alpha value is -1.44. The average Bonchev–Trinajstić information content (AvgIpc) is 2.50. The highest BCUT2D eigenvalue weighted by atomic mass is 19.1. The summed E-state index contributed by atoms with van der Waals surface area (Å²) >= 11 is 0. The van der Waals surface area contributed by atoms with Crippen molar-refractivity contribution in [1.82, 2.24) is 9.80 Å². The van der Waals surface area contributed by atoms with Crippen molar-refractivity contribution >= 4 is 0 Å². The van der Waals surface area contributed by atoms with E-state index in [9.17, 15) is 4.39 Å². The normalized spacial score (nSPS) is 27.1. The first-order valence-corrected chi connectivity index (χ1v) is 7.84. The Morgan fingerprint density at radius 1 is 1.33 bits per heavy atom. The zero-order valence-electron chi connectivity index (χ0n) is 12.6. The first-order chi connectivity index (χ1) is 10.2. The topological polar surface area (TPSA) is 30.3 Å².